The lowest BCUT2D eigenvalue weighted by molar-refractivity contribution is 0.374. The summed E-state index contributed by atoms with van der Waals surface area (Å²) in [6, 6.07) is 7.65. The molecule has 1 atom stereocenters. The zero-order valence-electron chi connectivity index (χ0n) is 11.4. The minimum Gasteiger partial charge on any atom is -0.243 e. The van der Waals surface area contributed by atoms with E-state index < -0.39 is 6.17 Å². The molecule has 0 bridgehead atoms. The molecule has 0 aliphatic rings. The van der Waals surface area contributed by atoms with Crippen LogP contribution < -0.4 is 0 Å². The lowest BCUT2D eigenvalue weighted by Crippen LogP contribution is -1.88. The topological polar surface area (TPSA) is 0 Å². The molecule has 18 heavy (non-hydrogen) atoms. The van der Waals surface area contributed by atoms with Gasteiger partial charge < -0.3 is 0 Å². The van der Waals surface area contributed by atoms with Gasteiger partial charge in [-0.25, -0.2) is 4.39 Å². The summed E-state index contributed by atoms with van der Waals surface area (Å²) in [6.45, 7) is 9.43. The van der Waals surface area contributed by atoms with Crippen LogP contribution in [0.5, 0.6) is 0 Å². The average Bonchev–Trinajstić information content (AvgIpc) is 2.38. The maximum Gasteiger partial charge on any atom is 0.122 e. The van der Waals surface area contributed by atoms with E-state index in [1.165, 1.54) is 11.1 Å². The summed E-state index contributed by atoms with van der Waals surface area (Å²) in [7, 11) is 0. The van der Waals surface area contributed by atoms with E-state index in [4.69, 9.17) is 0 Å². The molecule has 96 valence electrons. The minimum absolute atomic E-state index is 0.722. The molecule has 1 rings (SSSR count). The van der Waals surface area contributed by atoms with Crippen LogP contribution in [0.2, 0.25) is 0 Å². The van der Waals surface area contributed by atoms with E-state index in [1.54, 1.807) is 6.92 Å². The molecule has 0 fully saturated rings. The van der Waals surface area contributed by atoms with Crippen molar-refractivity contribution < 1.29 is 4.39 Å². The summed E-state index contributed by atoms with van der Waals surface area (Å²) in [5.41, 5.74) is 4.27. The zero-order valence-corrected chi connectivity index (χ0v) is 11.4. The molecular weight excluding hydrogens is 223 g/mol. The fourth-order valence-corrected chi connectivity index (χ4v) is 1.74. The largest absolute Gasteiger partial charge is 0.243 e. The van der Waals surface area contributed by atoms with Gasteiger partial charge in [-0.15, -0.1) is 6.58 Å². The van der Waals surface area contributed by atoms with Gasteiger partial charge in [-0.05, 0) is 43.9 Å². The van der Waals surface area contributed by atoms with Crippen LogP contribution in [0.4, 0.5) is 4.39 Å². The molecule has 1 heteroatoms. The number of allylic oxidation sites excluding steroid dienone is 5. The van der Waals surface area contributed by atoms with Gasteiger partial charge >= 0.3 is 0 Å². The predicted octanol–water partition coefficient (Wildman–Crippen LogP) is 5.64. The Hall–Kier alpha value is -1.63. The summed E-state index contributed by atoms with van der Waals surface area (Å²) in [4.78, 5) is 0. The maximum atomic E-state index is 13.1. The summed E-state index contributed by atoms with van der Waals surface area (Å²) < 4.78 is 13.1. The molecule has 0 saturated heterocycles. The monoisotopic (exact) mass is 244 g/mol. The number of hydrogen-bond acceptors (Lipinski definition) is 0. The van der Waals surface area contributed by atoms with Gasteiger partial charge in [0, 0.05) is 0 Å². The van der Waals surface area contributed by atoms with Crippen LogP contribution >= 0.6 is 0 Å². The molecule has 0 aromatic heterocycles. The second-order valence-electron chi connectivity index (χ2n) is 4.43. The highest BCUT2D eigenvalue weighted by Crippen LogP contribution is 2.24. The molecule has 0 aliphatic heterocycles. The Morgan fingerprint density at radius 2 is 1.94 bits per heavy atom. The second-order valence-corrected chi connectivity index (χ2v) is 4.43. The summed E-state index contributed by atoms with van der Waals surface area (Å²) in [5.74, 6) is 0. The summed E-state index contributed by atoms with van der Waals surface area (Å²) in [5, 5.41) is 0. The lowest BCUT2D eigenvalue weighted by atomic mass is 9.98. The number of hydrogen-bond donors (Lipinski definition) is 0. The third-order valence-electron chi connectivity index (χ3n) is 2.96. The van der Waals surface area contributed by atoms with Crippen molar-refractivity contribution in [1.82, 2.24) is 0 Å². The molecule has 0 spiro atoms. The minimum atomic E-state index is -0.914. The first-order valence-corrected chi connectivity index (χ1v) is 6.27. The molecule has 0 heterocycles. The van der Waals surface area contributed by atoms with E-state index in [1.807, 2.05) is 37.3 Å². The molecule has 0 N–H and O–H groups in total. The summed E-state index contributed by atoms with van der Waals surface area (Å²) >= 11 is 0. The first-order valence-electron chi connectivity index (χ1n) is 6.27. The van der Waals surface area contributed by atoms with Crippen molar-refractivity contribution in [3.8, 4) is 0 Å². The molecular formula is C17H21F. The van der Waals surface area contributed by atoms with Crippen LogP contribution in [0.1, 0.15) is 44.5 Å². The van der Waals surface area contributed by atoms with E-state index in [9.17, 15) is 4.39 Å². The van der Waals surface area contributed by atoms with Gasteiger partial charge in [0.2, 0.25) is 0 Å². The van der Waals surface area contributed by atoms with Gasteiger partial charge in [0.15, 0.2) is 0 Å². The van der Waals surface area contributed by atoms with E-state index in [-0.39, 0.29) is 0 Å². The van der Waals surface area contributed by atoms with Gasteiger partial charge in [0.05, 0.1) is 0 Å². The highest BCUT2D eigenvalue weighted by Gasteiger charge is 2.04. The lowest BCUT2D eigenvalue weighted by Gasteiger charge is -2.08. The molecule has 0 aliphatic carbocycles. The van der Waals surface area contributed by atoms with Gasteiger partial charge in [-0.2, -0.15) is 0 Å². The van der Waals surface area contributed by atoms with Gasteiger partial charge in [0.1, 0.15) is 6.17 Å². The fourth-order valence-electron chi connectivity index (χ4n) is 1.74. The van der Waals surface area contributed by atoms with Crippen molar-refractivity contribution in [2.24, 2.45) is 0 Å². The molecule has 0 amide bonds. The third-order valence-corrected chi connectivity index (χ3v) is 2.96. The summed E-state index contributed by atoms with van der Waals surface area (Å²) in [6.07, 6.45) is 6.01. The van der Waals surface area contributed by atoms with Crippen molar-refractivity contribution in [2.45, 2.75) is 33.4 Å². The fraction of sp³-hybridized carbons (Fsp3) is 0.294. The van der Waals surface area contributed by atoms with Crippen molar-refractivity contribution in [3.05, 3.63) is 65.8 Å². The van der Waals surface area contributed by atoms with Crippen LogP contribution in [-0.4, -0.2) is 0 Å². The predicted molar refractivity (Wildman–Crippen MR) is 78.2 cm³/mol. The smallest absolute Gasteiger partial charge is 0.122 e. The third kappa shape index (κ3) is 3.99. The Kier molecular flexibility index (Phi) is 5.57. The van der Waals surface area contributed by atoms with Crippen LogP contribution in [0.25, 0.3) is 5.57 Å². The van der Waals surface area contributed by atoms with Crippen molar-refractivity contribution in [1.29, 1.82) is 0 Å². The van der Waals surface area contributed by atoms with Gasteiger partial charge in [-0.1, -0.05) is 48.1 Å². The first-order chi connectivity index (χ1) is 8.58. The van der Waals surface area contributed by atoms with Gasteiger partial charge in [-0.3, -0.25) is 0 Å². The van der Waals surface area contributed by atoms with Crippen molar-refractivity contribution in [3.63, 3.8) is 0 Å². The van der Waals surface area contributed by atoms with E-state index >= 15 is 0 Å². The number of benzene rings is 1. The highest BCUT2D eigenvalue weighted by atomic mass is 19.1. The Labute approximate surface area is 110 Å². The molecule has 0 saturated carbocycles. The van der Waals surface area contributed by atoms with E-state index in [2.05, 4.69) is 25.7 Å². The molecule has 0 nitrogen and oxygen atoms in total. The molecule has 0 radical (unpaired) electrons. The first kappa shape index (κ1) is 14.4. The van der Waals surface area contributed by atoms with Crippen molar-refractivity contribution >= 4 is 5.57 Å². The number of halogens is 1. The average molecular weight is 244 g/mol. The SMILES string of the molecule is C=CC/C(=C\C(C)=C\C)c1ccc(C(C)F)cc1. The normalized spacial score (nSPS) is 14.4. The second kappa shape index (κ2) is 6.95. The van der Waals surface area contributed by atoms with E-state index in [0.29, 0.717) is 0 Å². The van der Waals surface area contributed by atoms with Crippen LogP contribution in [-0.2, 0) is 0 Å². The zero-order chi connectivity index (χ0) is 13.5. The number of rotatable bonds is 5. The standard InChI is InChI=1S/C17H21F/c1-5-7-17(12-13(3)6-2)16-10-8-15(9-11-16)14(4)18/h5-6,8-12,14H,1,7H2,2-4H3/b13-6+,17-12+. The van der Waals surface area contributed by atoms with Gasteiger partial charge in [0.25, 0.3) is 0 Å². The Bertz CT molecular complexity index is 447. The van der Waals surface area contributed by atoms with Crippen LogP contribution in [0, 0.1) is 0 Å². The molecule has 1 aromatic rings. The molecule has 1 unspecified atom stereocenters. The Morgan fingerprint density at radius 3 is 2.39 bits per heavy atom. The Morgan fingerprint density at radius 1 is 1.33 bits per heavy atom. The highest BCUT2D eigenvalue weighted by molar-refractivity contribution is 5.69. The maximum absolute atomic E-state index is 13.1. The molecule has 1 aromatic carbocycles. The Balaban J connectivity index is 3.07. The van der Waals surface area contributed by atoms with E-state index in [0.717, 1.165) is 17.5 Å². The quantitative estimate of drug-likeness (QED) is 0.464. The number of alkyl halides is 1. The van der Waals surface area contributed by atoms with Crippen LogP contribution in [0.3, 0.4) is 0 Å². The van der Waals surface area contributed by atoms with Crippen molar-refractivity contribution in [2.75, 3.05) is 0 Å². The van der Waals surface area contributed by atoms with Crippen LogP contribution in [0.15, 0.2) is 54.6 Å².